The van der Waals surface area contributed by atoms with Crippen LogP contribution in [0.4, 0.5) is 0 Å². The van der Waals surface area contributed by atoms with Gasteiger partial charge in [0.15, 0.2) is 12.2 Å². The minimum absolute atomic E-state index is 0.104. The molecule has 6 atom stereocenters. The average molecular weight is 1380 g/mol. The lowest BCUT2D eigenvalue weighted by Gasteiger charge is -2.21. The standard InChI is InChI=1S/C75H146O17P2/c1-8-10-11-12-13-14-15-16-17-18-21-24-27-35-42-49-56-72(77)85-62-70(91-74(79)58-51-44-36-28-25-22-19-20-23-26-32-39-46-53-66(3)4)64-89-93(81,82)87-60-69(76)61-88-94(83,84)90-65-71(63-86-73(78)57-50-43-38-31-33-40-47-54-67(5)6)92-75(80)59-52-45-37-30-29-34-41-48-55-68(7)9-2/h66-71,76H,8-65H2,1-7H3,(H,81,82)(H,83,84)/t68?,69-,70-,71-/m1/s1. The lowest BCUT2D eigenvalue weighted by molar-refractivity contribution is -0.161. The molecule has 0 radical (unpaired) electrons. The number of aliphatic hydroxyl groups excluding tert-OH is 1. The van der Waals surface area contributed by atoms with Gasteiger partial charge >= 0.3 is 39.5 Å². The van der Waals surface area contributed by atoms with Gasteiger partial charge in [0.1, 0.15) is 19.3 Å². The molecule has 3 N–H and O–H groups in total. The molecule has 0 saturated carbocycles. The maximum absolute atomic E-state index is 13.1. The first kappa shape index (κ1) is 92.1. The molecule has 0 aliphatic heterocycles. The topological polar surface area (TPSA) is 237 Å². The normalized spacial score (nSPS) is 14.4. The van der Waals surface area contributed by atoms with Crippen LogP contribution >= 0.6 is 15.6 Å². The van der Waals surface area contributed by atoms with E-state index in [1.807, 2.05) is 0 Å². The van der Waals surface area contributed by atoms with Gasteiger partial charge in [-0.25, -0.2) is 9.13 Å². The van der Waals surface area contributed by atoms with Crippen molar-refractivity contribution in [3.8, 4) is 0 Å². The first-order chi connectivity index (χ1) is 45.3. The van der Waals surface area contributed by atoms with Gasteiger partial charge in [-0.2, -0.15) is 0 Å². The molecule has 558 valence electrons. The average Bonchev–Trinajstić information content (AvgIpc) is 2.14. The van der Waals surface area contributed by atoms with Crippen molar-refractivity contribution >= 4 is 39.5 Å². The third-order valence-electron chi connectivity index (χ3n) is 17.7. The van der Waals surface area contributed by atoms with Gasteiger partial charge in [-0.1, -0.05) is 331 Å². The number of hydrogen-bond acceptors (Lipinski definition) is 15. The second-order valence-electron chi connectivity index (χ2n) is 28.2. The fourth-order valence-corrected chi connectivity index (χ4v) is 13.0. The van der Waals surface area contributed by atoms with Crippen LogP contribution in [0.1, 0.15) is 382 Å². The summed E-state index contributed by atoms with van der Waals surface area (Å²) in [6, 6.07) is 0. The number of phosphoric acid groups is 2. The number of hydrogen-bond donors (Lipinski definition) is 3. The molecule has 0 aliphatic rings. The van der Waals surface area contributed by atoms with Crippen LogP contribution in [-0.2, 0) is 65.4 Å². The van der Waals surface area contributed by atoms with Gasteiger partial charge < -0.3 is 33.8 Å². The summed E-state index contributed by atoms with van der Waals surface area (Å²) < 4.78 is 68.5. The van der Waals surface area contributed by atoms with Crippen molar-refractivity contribution in [3.63, 3.8) is 0 Å². The Morgan fingerprint density at radius 1 is 0.309 bits per heavy atom. The Bertz CT molecular complexity index is 1840. The first-order valence-corrected chi connectivity index (χ1v) is 41.9. The molecular formula is C75H146O17P2. The van der Waals surface area contributed by atoms with Crippen LogP contribution in [0.2, 0.25) is 0 Å². The van der Waals surface area contributed by atoms with Gasteiger partial charge in [-0.3, -0.25) is 37.3 Å². The fraction of sp³-hybridized carbons (Fsp3) is 0.947. The van der Waals surface area contributed by atoms with Crippen LogP contribution in [0.15, 0.2) is 0 Å². The number of rotatable bonds is 73. The quantitative estimate of drug-likeness (QED) is 0.0222. The summed E-state index contributed by atoms with van der Waals surface area (Å²) in [5, 5.41) is 10.6. The van der Waals surface area contributed by atoms with Crippen molar-refractivity contribution in [2.24, 2.45) is 17.8 Å². The highest BCUT2D eigenvalue weighted by atomic mass is 31.2. The molecule has 17 nitrogen and oxygen atoms in total. The summed E-state index contributed by atoms with van der Waals surface area (Å²) in [6.07, 6.45) is 51.3. The van der Waals surface area contributed by atoms with Crippen LogP contribution in [0.25, 0.3) is 0 Å². The number of unbranched alkanes of at least 4 members (excludes halogenated alkanes) is 40. The van der Waals surface area contributed by atoms with Gasteiger partial charge in [-0.05, 0) is 43.4 Å². The van der Waals surface area contributed by atoms with Crippen LogP contribution in [0.3, 0.4) is 0 Å². The molecule has 0 saturated heterocycles. The van der Waals surface area contributed by atoms with Crippen LogP contribution in [0, 0.1) is 17.8 Å². The van der Waals surface area contributed by atoms with E-state index in [4.69, 9.17) is 37.0 Å². The Labute approximate surface area is 575 Å². The van der Waals surface area contributed by atoms with Gasteiger partial charge in [0.25, 0.3) is 0 Å². The van der Waals surface area contributed by atoms with E-state index in [1.165, 1.54) is 186 Å². The van der Waals surface area contributed by atoms with Crippen molar-refractivity contribution < 1.29 is 80.2 Å². The fourth-order valence-electron chi connectivity index (χ4n) is 11.4. The summed E-state index contributed by atoms with van der Waals surface area (Å²) in [4.78, 5) is 72.8. The number of ether oxygens (including phenoxy) is 4. The van der Waals surface area contributed by atoms with Crippen LogP contribution in [-0.4, -0.2) is 96.7 Å². The number of aliphatic hydroxyl groups is 1. The molecule has 0 amide bonds. The molecule has 0 aromatic carbocycles. The zero-order valence-corrected chi connectivity index (χ0v) is 63.2. The third-order valence-corrected chi connectivity index (χ3v) is 19.6. The molecule has 19 heteroatoms. The van der Waals surface area contributed by atoms with Gasteiger partial charge in [0.05, 0.1) is 26.4 Å². The molecule has 0 fully saturated rings. The van der Waals surface area contributed by atoms with Crippen LogP contribution in [0.5, 0.6) is 0 Å². The predicted molar refractivity (Wildman–Crippen MR) is 381 cm³/mol. The highest BCUT2D eigenvalue weighted by Crippen LogP contribution is 2.45. The molecule has 0 heterocycles. The minimum Gasteiger partial charge on any atom is -0.462 e. The molecule has 0 bridgehead atoms. The van der Waals surface area contributed by atoms with Gasteiger partial charge in [-0.15, -0.1) is 0 Å². The number of carbonyl (C=O) groups is 4. The molecule has 0 aromatic rings. The van der Waals surface area contributed by atoms with Crippen molar-refractivity contribution in [1.82, 2.24) is 0 Å². The van der Waals surface area contributed by atoms with Gasteiger partial charge in [0.2, 0.25) is 0 Å². The Hall–Kier alpha value is -1.94. The maximum atomic E-state index is 13.1. The maximum Gasteiger partial charge on any atom is 0.472 e. The number of phosphoric ester groups is 2. The Kier molecular flexibility index (Phi) is 64.3. The third kappa shape index (κ3) is 67.3. The van der Waals surface area contributed by atoms with E-state index >= 15 is 0 Å². The minimum atomic E-state index is -4.96. The molecule has 0 aliphatic carbocycles. The molecule has 0 aromatic heterocycles. The van der Waals surface area contributed by atoms with E-state index in [-0.39, 0.29) is 25.7 Å². The Morgan fingerprint density at radius 2 is 0.543 bits per heavy atom. The zero-order valence-electron chi connectivity index (χ0n) is 61.4. The van der Waals surface area contributed by atoms with E-state index in [0.29, 0.717) is 31.6 Å². The summed E-state index contributed by atoms with van der Waals surface area (Å²) in [5.41, 5.74) is 0. The SMILES string of the molecule is CCCCCCCCCCCCCCCCCCC(=O)OC[C@H](COP(=O)(O)OC[C@@H](O)COP(=O)(O)OC[C@@H](COC(=O)CCCCCCCCCC(C)C)OC(=O)CCCCCCCCCCC(C)CC)OC(=O)CCCCCCCCCCCCCCCC(C)C. The lowest BCUT2D eigenvalue weighted by atomic mass is 9.99. The predicted octanol–water partition coefficient (Wildman–Crippen LogP) is 21.8. The first-order valence-electron chi connectivity index (χ1n) is 38.9. The number of carbonyl (C=O) groups excluding carboxylic acids is 4. The smallest absolute Gasteiger partial charge is 0.462 e. The van der Waals surface area contributed by atoms with Crippen molar-refractivity contribution in [3.05, 3.63) is 0 Å². The molecule has 0 rings (SSSR count). The van der Waals surface area contributed by atoms with Gasteiger partial charge in [0, 0.05) is 25.7 Å². The summed E-state index contributed by atoms with van der Waals surface area (Å²) in [6.45, 7) is 11.9. The second-order valence-corrected chi connectivity index (χ2v) is 31.1. The van der Waals surface area contributed by atoms with Crippen molar-refractivity contribution in [2.45, 2.75) is 401 Å². The summed E-state index contributed by atoms with van der Waals surface area (Å²) >= 11 is 0. The Morgan fingerprint density at radius 3 is 0.809 bits per heavy atom. The number of esters is 4. The largest absolute Gasteiger partial charge is 0.472 e. The van der Waals surface area contributed by atoms with Crippen LogP contribution < -0.4 is 0 Å². The van der Waals surface area contributed by atoms with E-state index in [9.17, 15) is 43.2 Å². The van der Waals surface area contributed by atoms with E-state index < -0.39 is 97.5 Å². The Balaban J connectivity index is 5.25. The van der Waals surface area contributed by atoms with E-state index in [0.717, 1.165) is 108 Å². The van der Waals surface area contributed by atoms with Crippen molar-refractivity contribution in [1.29, 1.82) is 0 Å². The highest BCUT2D eigenvalue weighted by molar-refractivity contribution is 7.47. The second kappa shape index (κ2) is 65.7. The zero-order chi connectivity index (χ0) is 69.4. The highest BCUT2D eigenvalue weighted by Gasteiger charge is 2.30. The lowest BCUT2D eigenvalue weighted by Crippen LogP contribution is -2.30. The molecule has 0 spiro atoms. The van der Waals surface area contributed by atoms with Crippen molar-refractivity contribution in [2.75, 3.05) is 39.6 Å². The molecule has 94 heavy (non-hydrogen) atoms. The van der Waals surface area contributed by atoms with E-state index in [2.05, 4.69) is 48.5 Å². The molecular weight excluding hydrogens is 1230 g/mol. The molecule has 3 unspecified atom stereocenters. The van der Waals surface area contributed by atoms with E-state index in [1.54, 1.807) is 0 Å². The monoisotopic (exact) mass is 1380 g/mol. The summed E-state index contributed by atoms with van der Waals surface area (Å²) in [7, 11) is -9.91. The summed E-state index contributed by atoms with van der Waals surface area (Å²) in [5.74, 6) is 0.140.